The van der Waals surface area contributed by atoms with E-state index in [1.807, 2.05) is 18.7 Å². The molecular formula is C18H24F3N3O2. The molecule has 8 heteroatoms. The van der Waals surface area contributed by atoms with E-state index in [-0.39, 0.29) is 30.3 Å². The maximum Gasteiger partial charge on any atom is 0.416 e. The number of nitrogens with zero attached hydrogens (tertiary/aromatic N) is 1. The van der Waals surface area contributed by atoms with Gasteiger partial charge < -0.3 is 10.6 Å². The van der Waals surface area contributed by atoms with E-state index in [9.17, 15) is 22.8 Å². The molecule has 0 unspecified atom stereocenters. The fraction of sp³-hybridized carbons (Fsp3) is 0.556. The third-order valence-electron chi connectivity index (χ3n) is 4.25. The molecule has 1 aliphatic heterocycles. The Morgan fingerprint density at radius 2 is 1.73 bits per heavy atom. The number of rotatable bonds is 5. The number of amides is 2. The fourth-order valence-corrected chi connectivity index (χ4v) is 2.90. The van der Waals surface area contributed by atoms with Crippen LogP contribution in [-0.2, 0) is 15.8 Å². The van der Waals surface area contributed by atoms with Crippen LogP contribution in [0.1, 0.15) is 32.3 Å². The third-order valence-corrected chi connectivity index (χ3v) is 4.25. The predicted molar refractivity (Wildman–Crippen MR) is 92.5 cm³/mol. The third kappa shape index (κ3) is 6.01. The molecule has 1 heterocycles. The molecule has 0 spiro atoms. The lowest BCUT2D eigenvalue weighted by Gasteiger charge is -2.31. The quantitative estimate of drug-likeness (QED) is 0.837. The van der Waals surface area contributed by atoms with Gasteiger partial charge in [0.25, 0.3) is 0 Å². The zero-order chi connectivity index (χ0) is 19.3. The second-order valence-corrected chi connectivity index (χ2v) is 6.84. The van der Waals surface area contributed by atoms with Crippen LogP contribution in [0, 0.1) is 5.92 Å². The van der Waals surface area contributed by atoms with Gasteiger partial charge in [-0.15, -0.1) is 0 Å². The van der Waals surface area contributed by atoms with Crippen LogP contribution in [0.3, 0.4) is 0 Å². The Kier molecular flexibility index (Phi) is 6.63. The van der Waals surface area contributed by atoms with E-state index in [0.717, 1.165) is 12.1 Å². The average Bonchev–Trinajstić information content (AvgIpc) is 2.54. The van der Waals surface area contributed by atoms with E-state index < -0.39 is 11.7 Å². The van der Waals surface area contributed by atoms with Gasteiger partial charge in [-0.2, -0.15) is 13.2 Å². The number of likely N-dealkylation sites (tertiary alicyclic amines) is 1. The Bertz CT molecular complexity index is 622. The van der Waals surface area contributed by atoms with Crippen molar-refractivity contribution in [2.24, 2.45) is 5.92 Å². The van der Waals surface area contributed by atoms with Gasteiger partial charge in [0.1, 0.15) is 0 Å². The fourth-order valence-electron chi connectivity index (χ4n) is 2.90. The number of anilines is 1. The molecule has 0 aliphatic carbocycles. The predicted octanol–water partition coefficient (Wildman–Crippen LogP) is 2.88. The van der Waals surface area contributed by atoms with Crippen LogP contribution in [-0.4, -0.2) is 42.4 Å². The van der Waals surface area contributed by atoms with Crippen LogP contribution in [0.2, 0.25) is 0 Å². The van der Waals surface area contributed by atoms with Crippen LogP contribution < -0.4 is 10.6 Å². The van der Waals surface area contributed by atoms with E-state index in [0.29, 0.717) is 31.6 Å². The van der Waals surface area contributed by atoms with Gasteiger partial charge in [0.2, 0.25) is 11.8 Å². The van der Waals surface area contributed by atoms with Crippen molar-refractivity contribution in [2.75, 3.05) is 25.0 Å². The summed E-state index contributed by atoms with van der Waals surface area (Å²) in [5, 5.41) is 5.50. The van der Waals surface area contributed by atoms with Gasteiger partial charge in [-0.25, -0.2) is 0 Å². The summed E-state index contributed by atoms with van der Waals surface area (Å²) in [6.07, 6.45) is -3.02. The summed E-state index contributed by atoms with van der Waals surface area (Å²) in [6.45, 7) is 5.25. The monoisotopic (exact) mass is 371 g/mol. The second kappa shape index (κ2) is 8.53. The lowest BCUT2D eigenvalue weighted by molar-refractivity contribution is -0.137. The van der Waals surface area contributed by atoms with E-state index in [2.05, 4.69) is 10.6 Å². The van der Waals surface area contributed by atoms with Gasteiger partial charge in [0, 0.05) is 17.6 Å². The molecule has 2 rings (SSSR count). The Morgan fingerprint density at radius 3 is 2.23 bits per heavy atom. The van der Waals surface area contributed by atoms with Gasteiger partial charge in [-0.3, -0.25) is 14.5 Å². The lowest BCUT2D eigenvalue weighted by Crippen LogP contribution is -2.44. The minimum Gasteiger partial charge on any atom is -0.354 e. The highest BCUT2D eigenvalue weighted by atomic mass is 19.4. The summed E-state index contributed by atoms with van der Waals surface area (Å²) in [5.74, 6) is -0.268. The molecule has 1 saturated heterocycles. The zero-order valence-corrected chi connectivity index (χ0v) is 14.9. The number of carbonyl (C=O) groups is 2. The van der Waals surface area contributed by atoms with Crippen molar-refractivity contribution in [2.45, 2.75) is 38.9 Å². The maximum atomic E-state index is 12.5. The first-order valence-electron chi connectivity index (χ1n) is 8.65. The number of benzene rings is 1. The molecule has 0 saturated carbocycles. The van der Waals surface area contributed by atoms with Gasteiger partial charge in [-0.1, -0.05) is 0 Å². The molecule has 0 atom stereocenters. The Balaban J connectivity index is 1.78. The molecule has 0 bridgehead atoms. The smallest absolute Gasteiger partial charge is 0.354 e. The Morgan fingerprint density at radius 1 is 1.15 bits per heavy atom. The summed E-state index contributed by atoms with van der Waals surface area (Å²) in [7, 11) is 0. The standard InChI is InChI=1S/C18H24F3N3O2/c1-12(2)22-17(26)13-7-9-24(10-8-13)11-16(25)23-15-5-3-14(4-6-15)18(19,20)21/h3-6,12-13H,7-11H2,1-2H3,(H,22,26)(H,23,25). The Labute approximate surface area is 150 Å². The number of hydrogen-bond donors (Lipinski definition) is 2. The van der Waals surface area contributed by atoms with Crippen LogP contribution in [0.5, 0.6) is 0 Å². The van der Waals surface area contributed by atoms with Crippen molar-refractivity contribution >= 4 is 17.5 Å². The molecule has 2 N–H and O–H groups in total. The first kappa shape index (κ1) is 20.2. The lowest BCUT2D eigenvalue weighted by atomic mass is 9.95. The van der Waals surface area contributed by atoms with Crippen LogP contribution in [0.4, 0.5) is 18.9 Å². The first-order chi connectivity index (χ1) is 12.1. The summed E-state index contributed by atoms with van der Waals surface area (Å²) < 4.78 is 37.6. The van der Waals surface area contributed by atoms with Crippen LogP contribution in [0.15, 0.2) is 24.3 Å². The summed E-state index contributed by atoms with van der Waals surface area (Å²) in [5.41, 5.74) is -0.425. The molecule has 26 heavy (non-hydrogen) atoms. The number of carbonyl (C=O) groups excluding carboxylic acids is 2. The van der Waals surface area contributed by atoms with Crippen molar-refractivity contribution in [3.63, 3.8) is 0 Å². The van der Waals surface area contributed by atoms with E-state index in [1.165, 1.54) is 12.1 Å². The minimum atomic E-state index is -4.39. The van der Waals surface area contributed by atoms with Crippen molar-refractivity contribution in [3.8, 4) is 0 Å². The highest BCUT2D eigenvalue weighted by molar-refractivity contribution is 5.92. The molecule has 1 aliphatic rings. The molecule has 144 valence electrons. The van der Waals surface area contributed by atoms with Crippen molar-refractivity contribution in [1.82, 2.24) is 10.2 Å². The molecule has 1 aromatic carbocycles. The number of halogens is 3. The molecule has 5 nitrogen and oxygen atoms in total. The SMILES string of the molecule is CC(C)NC(=O)C1CCN(CC(=O)Nc2ccc(C(F)(F)F)cc2)CC1. The molecular weight excluding hydrogens is 347 g/mol. The highest BCUT2D eigenvalue weighted by Gasteiger charge is 2.30. The molecule has 0 radical (unpaired) electrons. The summed E-state index contributed by atoms with van der Waals surface area (Å²) in [4.78, 5) is 26.0. The number of nitrogens with one attached hydrogen (secondary N) is 2. The molecule has 0 aromatic heterocycles. The largest absolute Gasteiger partial charge is 0.416 e. The van der Waals surface area contributed by atoms with Crippen molar-refractivity contribution in [3.05, 3.63) is 29.8 Å². The van der Waals surface area contributed by atoms with Gasteiger partial charge in [0.15, 0.2) is 0 Å². The zero-order valence-electron chi connectivity index (χ0n) is 14.9. The normalized spacial score (nSPS) is 16.5. The van der Waals surface area contributed by atoms with Crippen LogP contribution >= 0.6 is 0 Å². The van der Waals surface area contributed by atoms with Crippen molar-refractivity contribution < 1.29 is 22.8 Å². The number of hydrogen-bond acceptors (Lipinski definition) is 3. The first-order valence-corrected chi connectivity index (χ1v) is 8.65. The highest BCUT2D eigenvalue weighted by Crippen LogP contribution is 2.29. The Hall–Kier alpha value is -2.09. The van der Waals surface area contributed by atoms with Crippen molar-refractivity contribution in [1.29, 1.82) is 0 Å². The van der Waals surface area contributed by atoms with E-state index in [1.54, 1.807) is 0 Å². The molecule has 1 aromatic rings. The van der Waals surface area contributed by atoms with Gasteiger partial charge in [0.05, 0.1) is 12.1 Å². The van der Waals surface area contributed by atoms with Crippen LogP contribution in [0.25, 0.3) is 0 Å². The van der Waals surface area contributed by atoms with Gasteiger partial charge in [-0.05, 0) is 64.0 Å². The number of piperidine rings is 1. The van der Waals surface area contributed by atoms with E-state index in [4.69, 9.17) is 0 Å². The topological polar surface area (TPSA) is 61.4 Å². The molecule has 1 fully saturated rings. The minimum absolute atomic E-state index is 0.0355. The summed E-state index contributed by atoms with van der Waals surface area (Å²) in [6, 6.07) is 4.46. The molecule has 2 amide bonds. The summed E-state index contributed by atoms with van der Waals surface area (Å²) >= 11 is 0. The average molecular weight is 371 g/mol. The maximum absolute atomic E-state index is 12.5. The number of alkyl halides is 3. The van der Waals surface area contributed by atoms with E-state index >= 15 is 0 Å². The van der Waals surface area contributed by atoms with Gasteiger partial charge >= 0.3 is 6.18 Å². The second-order valence-electron chi connectivity index (χ2n) is 6.84.